The minimum Gasteiger partial charge on any atom is -0.481 e. The molecule has 3 rings (SSSR count). The number of carbonyl (C=O) groups excluding carboxylic acids is 2. The first-order valence-corrected chi connectivity index (χ1v) is 9.00. The number of halogens is 1. The van der Waals surface area contributed by atoms with Crippen LogP contribution in [0.3, 0.4) is 0 Å². The van der Waals surface area contributed by atoms with Gasteiger partial charge in [0, 0.05) is 17.1 Å². The first-order chi connectivity index (χ1) is 12.3. The summed E-state index contributed by atoms with van der Waals surface area (Å²) < 4.78 is 0.213. The lowest BCUT2D eigenvalue weighted by Crippen LogP contribution is -2.31. The van der Waals surface area contributed by atoms with Crippen molar-refractivity contribution in [3.8, 4) is 12.3 Å². The zero-order chi connectivity index (χ0) is 19.0. The van der Waals surface area contributed by atoms with Crippen LogP contribution in [0.5, 0.6) is 0 Å². The summed E-state index contributed by atoms with van der Waals surface area (Å²) >= 11 is 12.2. The Morgan fingerprint density at radius 1 is 1.31 bits per heavy atom. The fourth-order valence-electron chi connectivity index (χ4n) is 2.72. The van der Waals surface area contributed by atoms with E-state index < -0.39 is 17.8 Å². The lowest BCUT2D eigenvalue weighted by Gasteiger charge is -2.13. The Labute approximate surface area is 163 Å². The number of carboxylic acid groups (broad SMARTS) is 1. The molecule has 0 unspecified atom stereocenters. The van der Waals surface area contributed by atoms with Gasteiger partial charge in [0.15, 0.2) is 0 Å². The van der Waals surface area contributed by atoms with E-state index in [4.69, 9.17) is 35.3 Å². The second-order valence-corrected chi connectivity index (χ2v) is 7.51. The van der Waals surface area contributed by atoms with Crippen LogP contribution >= 0.6 is 35.6 Å². The van der Waals surface area contributed by atoms with Gasteiger partial charge >= 0.3 is 5.97 Å². The molecule has 0 radical (unpaired) electrons. The highest BCUT2D eigenvalue weighted by Gasteiger charge is 2.41. The summed E-state index contributed by atoms with van der Waals surface area (Å²) in [6.45, 7) is -0.00226. The Morgan fingerprint density at radius 3 is 2.69 bits per heavy atom. The third kappa shape index (κ3) is 3.09. The van der Waals surface area contributed by atoms with E-state index in [2.05, 4.69) is 5.92 Å². The van der Waals surface area contributed by atoms with Gasteiger partial charge in [0.1, 0.15) is 4.32 Å². The van der Waals surface area contributed by atoms with Gasteiger partial charge in [-0.2, -0.15) is 0 Å². The van der Waals surface area contributed by atoms with Gasteiger partial charge in [0.05, 0.1) is 29.1 Å². The van der Waals surface area contributed by atoms with Crippen LogP contribution in [0.1, 0.15) is 12.0 Å². The van der Waals surface area contributed by atoms with Crippen LogP contribution in [0.4, 0.5) is 5.69 Å². The molecule has 1 N–H and O–H groups in total. The van der Waals surface area contributed by atoms with Crippen molar-refractivity contribution < 1.29 is 19.5 Å². The molecule has 1 aromatic rings. The minimum absolute atomic E-state index is 0.0519. The van der Waals surface area contributed by atoms with Crippen LogP contribution in [0, 0.1) is 12.3 Å². The van der Waals surface area contributed by atoms with Crippen molar-refractivity contribution in [2.45, 2.75) is 6.42 Å². The Bertz CT molecular complexity index is 935. The van der Waals surface area contributed by atoms with E-state index in [-0.39, 0.29) is 34.3 Å². The monoisotopic (exact) mass is 406 g/mol. The molecule has 2 aliphatic rings. The van der Waals surface area contributed by atoms with Crippen molar-refractivity contribution in [3.05, 3.63) is 33.7 Å². The van der Waals surface area contributed by atoms with Gasteiger partial charge in [-0.25, -0.2) is 0 Å². The number of terminal acetylenes is 1. The molecule has 1 saturated heterocycles. The first-order valence-electron chi connectivity index (χ1n) is 7.40. The number of aliphatic carboxylic acids is 1. The fourth-order valence-corrected chi connectivity index (χ4v) is 4.27. The van der Waals surface area contributed by atoms with Crippen LogP contribution < -0.4 is 4.90 Å². The fraction of sp³-hybridized carbons (Fsp3) is 0.176. The summed E-state index contributed by atoms with van der Waals surface area (Å²) in [6, 6.07) is 4.91. The number of benzene rings is 1. The Kier molecular flexibility index (Phi) is 5.05. The number of carbonyl (C=O) groups is 3. The zero-order valence-corrected chi connectivity index (χ0v) is 15.6. The molecule has 9 heteroatoms. The topological polar surface area (TPSA) is 77.9 Å². The number of thioether (sulfide) groups is 1. The summed E-state index contributed by atoms with van der Waals surface area (Å²) in [5.41, 5.74) is 1.27. The van der Waals surface area contributed by atoms with Crippen molar-refractivity contribution >= 4 is 68.9 Å². The molecule has 0 spiro atoms. The molecule has 0 aliphatic carbocycles. The second-order valence-electron chi connectivity index (χ2n) is 5.43. The van der Waals surface area contributed by atoms with Gasteiger partial charge in [-0.05, 0) is 18.2 Å². The molecule has 2 heterocycles. The predicted molar refractivity (Wildman–Crippen MR) is 104 cm³/mol. The van der Waals surface area contributed by atoms with Crippen molar-refractivity contribution in [2.75, 3.05) is 18.0 Å². The van der Waals surface area contributed by atoms with Crippen LogP contribution in [0.15, 0.2) is 23.1 Å². The number of rotatable bonds is 4. The molecule has 6 nitrogen and oxygen atoms in total. The highest BCUT2D eigenvalue weighted by atomic mass is 35.5. The summed E-state index contributed by atoms with van der Waals surface area (Å²) in [5, 5.41) is 9.24. The lowest BCUT2D eigenvalue weighted by molar-refractivity contribution is -0.137. The van der Waals surface area contributed by atoms with Gasteiger partial charge in [-0.1, -0.05) is 41.5 Å². The maximum atomic E-state index is 12.9. The SMILES string of the molecule is C#CCN1C(=O)/C(=C2\SC(=S)N(CCC(=O)O)C2=O)c2cc(Cl)ccc21. The second kappa shape index (κ2) is 7.11. The third-order valence-electron chi connectivity index (χ3n) is 3.85. The molecule has 2 aliphatic heterocycles. The van der Waals surface area contributed by atoms with Gasteiger partial charge in [0.2, 0.25) is 0 Å². The van der Waals surface area contributed by atoms with E-state index in [1.54, 1.807) is 18.2 Å². The molecular weight excluding hydrogens is 396 g/mol. The van der Waals surface area contributed by atoms with Crippen LogP contribution in [0.25, 0.3) is 5.57 Å². The highest BCUT2D eigenvalue weighted by molar-refractivity contribution is 8.26. The summed E-state index contributed by atoms with van der Waals surface area (Å²) in [4.78, 5) is 39.2. The maximum absolute atomic E-state index is 12.9. The standard InChI is InChI=1S/C17H11ClN2O4S2/c1-2-6-19-11-4-3-9(18)8-10(11)13(15(19)23)14-16(24)20(17(25)26-14)7-5-12(21)22/h1,3-4,8H,5-7H2,(H,21,22)/b14-13-. The van der Waals surface area contributed by atoms with Crippen LogP contribution in [-0.4, -0.2) is 45.2 Å². The van der Waals surface area contributed by atoms with Crippen LogP contribution in [0.2, 0.25) is 5.02 Å². The molecule has 0 bridgehead atoms. The molecule has 1 fully saturated rings. The Morgan fingerprint density at radius 2 is 2.04 bits per heavy atom. The Hall–Kier alpha value is -2.34. The van der Waals surface area contributed by atoms with Crippen molar-refractivity contribution in [3.63, 3.8) is 0 Å². The average Bonchev–Trinajstić information content (AvgIpc) is 3.00. The number of carboxylic acids is 1. The lowest BCUT2D eigenvalue weighted by atomic mass is 10.1. The zero-order valence-electron chi connectivity index (χ0n) is 13.2. The van der Waals surface area contributed by atoms with E-state index >= 15 is 0 Å². The van der Waals surface area contributed by atoms with Gasteiger partial charge in [-0.3, -0.25) is 24.2 Å². The number of amides is 2. The number of hydrogen-bond acceptors (Lipinski definition) is 5. The van der Waals surface area contributed by atoms with Gasteiger partial charge in [0.25, 0.3) is 11.8 Å². The number of anilines is 1. The van der Waals surface area contributed by atoms with E-state index in [9.17, 15) is 14.4 Å². The van der Waals surface area contributed by atoms with Gasteiger partial charge < -0.3 is 5.11 Å². The summed E-state index contributed by atoms with van der Waals surface area (Å²) in [6.07, 6.45) is 5.11. The highest BCUT2D eigenvalue weighted by Crippen LogP contribution is 2.45. The van der Waals surface area contributed by atoms with E-state index in [1.165, 1.54) is 9.80 Å². The minimum atomic E-state index is -1.04. The molecule has 1 aromatic carbocycles. The Balaban J connectivity index is 2.08. The van der Waals surface area contributed by atoms with E-state index in [1.807, 2.05) is 0 Å². The number of thiocarbonyl (C=S) groups is 1. The third-order valence-corrected chi connectivity index (χ3v) is 5.54. The summed E-state index contributed by atoms with van der Waals surface area (Å²) in [7, 11) is 0. The largest absolute Gasteiger partial charge is 0.481 e. The first kappa shape index (κ1) is 18.5. The van der Waals surface area contributed by atoms with Crippen molar-refractivity contribution in [1.82, 2.24) is 4.90 Å². The number of nitrogens with zero attached hydrogens (tertiary/aromatic N) is 2. The van der Waals surface area contributed by atoms with Crippen molar-refractivity contribution in [2.24, 2.45) is 0 Å². The molecule has 0 atom stereocenters. The van der Waals surface area contributed by atoms with E-state index in [0.717, 1.165) is 11.8 Å². The quantitative estimate of drug-likeness (QED) is 0.470. The van der Waals surface area contributed by atoms with Gasteiger partial charge in [-0.15, -0.1) is 6.42 Å². The average molecular weight is 407 g/mol. The molecular formula is C17H11ClN2O4S2. The molecule has 0 aromatic heterocycles. The van der Waals surface area contributed by atoms with Crippen LogP contribution in [-0.2, 0) is 14.4 Å². The van der Waals surface area contributed by atoms with E-state index in [0.29, 0.717) is 16.3 Å². The molecule has 2 amide bonds. The maximum Gasteiger partial charge on any atom is 0.305 e. The summed E-state index contributed by atoms with van der Waals surface area (Å²) in [5.74, 6) is 0.492. The molecule has 0 saturated carbocycles. The molecule has 132 valence electrons. The predicted octanol–water partition coefficient (Wildman–Crippen LogP) is 2.37. The van der Waals surface area contributed by atoms with Crippen molar-refractivity contribution in [1.29, 1.82) is 0 Å². The normalized spacial score (nSPS) is 19.2. The molecule has 26 heavy (non-hydrogen) atoms. The smallest absolute Gasteiger partial charge is 0.305 e. The number of hydrogen-bond donors (Lipinski definition) is 1. The number of fused-ring (bicyclic) bond motifs is 1.